The van der Waals surface area contributed by atoms with E-state index < -0.39 is 0 Å². The topological polar surface area (TPSA) is 26.3 Å². The fourth-order valence-electron chi connectivity index (χ4n) is 1.83. The first-order chi connectivity index (χ1) is 9.19. The highest BCUT2D eigenvalue weighted by atomic mass is 35.5. The van der Waals surface area contributed by atoms with Gasteiger partial charge in [0.2, 0.25) is 0 Å². The van der Waals surface area contributed by atoms with Gasteiger partial charge in [0.05, 0.1) is 7.11 Å². The lowest BCUT2D eigenvalue weighted by Crippen LogP contribution is -2.01. The number of methoxy groups -OCH3 is 1. The zero-order valence-electron chi connectivity index (χ0n) is 10.7. The Morgan fingerprint density at radius 2 is 1.68 bits per heavy atom. The highest BCUT2D eigenvalue weighted by molar-refractivity contribution is 6.30. The third-order valence-electron chi connectivity index (χ3n) is 2.97. The maximum atomic E-state index is 12.0. The van der Waals surface area contributed by atoms with Crippen LogP contribution < -0.4 is 4.74 Å². The molecule has 0 saturated heterocycles. The monoisotopic (exact) mass is 274 g/mol. The molecule has 0 amide bonds. The predicted octanol–water partition coefficient (Wildman–Crippen LogP) is 4.16. The molecule has 2 nitrogen and oxygen atoms in total. The van der Waals surface area contributed by atoms with Gasteiger partial charge in [-0.1, -0.05) is 23.7 Å². The van der Waals surface area contributed by atoms with Gasteiger partial charge in [0.25, 0.3) is 0 Å². The summed E-state index contributed by atoms with van der Waals surface area (Å²) in [5.41, 5.74) is 1.83. The van der Waals surface area contributed by atoms with Crippen LogP contribution in [-0.2, 0) is 6.42 Å². The minimum Gasteiger partial charge on any atom is -0.497 e. The third-order valence-corrected chi connectivity index (χ3v) is 3.22. The number of hydrogen-bond donors (Lipinski definition) is 0. The zero-order valence-corrected chi connectivity index (χ0v) is 11.5. The Balaban J connectivity index is 1.95. The van der Waals surface area contributed by atoms with E-state index in [1.807, 2.05) is 24.3 Å². The Kier molecular flexibility index (Phi) is 4.58. The molecule has 0 unspecified atom stereocenters. The minimum atomic E-state index is 0.137. The van der Waals surface area contributed by atoms with E-state index in [1.54, 1.807) is 31.4 Å². The van der Waals surface area contributed by atoms with Crippen molar-refractivity contribution in [3.05, 3.63) is 64.7 Å². The quantitative estimate of drug-likeness (QED) is 0.765. The average Bonchev–Trinajstić information content (AvgIpc) is 2.46. The first-order valence-corrected chi connectivity index (χ1v) is 6.48. The van der Waals surface area contributed by atoms with Gasteiger partial charge in [0, 0.05) is 17.0 Å². The van der Waals surface area contributed by atoms with E-state index in [2.05, 4.69) is 0 Å². The fraction of sp³-hybridized carbons (Fsp3) is 0.188. The SMILES string of the molecule is COc1ccc(C(=O)CCc2ccc(Cl)cc2)cc1. The largest absolute Gasteiger partial charge is 0.497 e. The summed E-state index contributed by atoms with van der Waals surface area (Å²) < 4.78 is 5.07. The van der Waals surface area contributed by atoms with Crippen molar-refractivity contribution >= 4 is 17.4 Å². The van der Waals surface area contributed by atoms with E-state index in [9.17, 15) is 4.79 Å². The molecule has 0 aliphatic rings. The molecule has 3 heteroatoms. The zero-order chi connectivity index (χ0) is 13.7. The van der Waals surface area contributed by atoms with E-state index >= 15 is 0 Å². The first-order valence-electron chi connectivity index (χ1n) is 6.11. The van der Waals surface area contributed by atoms with Crippen molar-refractivity contribution < 1.29 is 9.53 Å². The molecule has 0 aliphatic carbocycles. The second-order valence-electron chi connectivity index (χ2n) is 4.28. The summed E-state index contributed by atoms with van der Waals surface area (Å²) in [5, 5.41) is 0.713. The van der Waals surface area contributed by atoms with Crippen molar-refractivity contribution in [2.24, 2.45) is 0 Å². The maximum absolute atomic E-state index is 12.0. The van der Waals surface area contributed by atoms with Crippen molar-refractivity contribution in [1.29, 1.82) is 0 Å². The van der Waals surface area contributed by atoms with Crippen LogP contribution in [0.2, 0.25) is 5.02 Å². The van der Waals surface area contributed by atoms with E-state index in [1.165, 1.54) is 0 Å². The molecule has 0 saturated carbocycles. The molecule has 2 aromatic rings. The van der Waals surface area contributed by atoms with Crippen molar-refractivity contribution in [2.45, 2.75) is 12.8 Å². The van der Waals surface area contributed by atoms with Crippen LogP contribution in [0.3, 0.4) is 0 Å². The van der Waals surface area contributed by atoms with Crippen LogP contribution in [0.1, 0.15) is 22.3 Å². The molecule has 2 rings (SSSR count). The molecule has 0 aromatic heterocycles. The van der Waals surface area contributed by atoms with Crippen LogP contribution in [0.15, 0.2) is 48.5 Å². The van der Waals surface area contributed by atoms with Gasteiger partial charge < -0.3 is 4.74 Å². The Bertz CT molecular complexity index is 544. The molecule has 0 fully saturated rings. The standard InChI is InChI=1S/C16H15ClO2/c1-19-15-9-5-13(6-10-15)16(18)11-4-12-2-7-14(17)8-3-12/h2-3,5-10H,4,11H2,1H3. The average molecular weight is 275 g/mol. The van der Waals surface area contributed by atoms with Gasteiger partial charge in [-0.05, 0) is 48.4 Å². The number of carbonyl (C=O) groups is 1. The van der Waals surface area contributed by atoms with Gasteiger partial charge >= 0.3 is 0 Å². The second-order valence-corrected chi connectivity index (χ2v) is 4.71. The minimum absolute atomic E-state index is 0.137. The third kappa shape index (κ3) is 3.83. The molecule has 2 aromatic carbocycles. The van der Waals surface area contributed by atoms with Crippen LogP contribution >= 0.6 is 11.6 Å². The van der Waals surface area contributed by atoms with Crippen LogP contribution in [0.4, 0.5) is 0 Å². The summed E-state index contributed by atoms with van der Waals surface area (Å²) in [6.07, 6.45) is 1.22. The van der Waals surface area contributed by atoms with E-state index in [-0.39, 0.29) is 5.78 Å². The molecule has 0 N–H and O–H groups in total. The summed E-state index contributed by atoms with van der Waals surface area (Å²) in [7, 11) is 1.61. The normalized spacial score (nSPS) is 10.2. The van der Waals surface area contributed by atoms with E-state index in [0.29, 0.717) is 11.4 Å². The highest BCUT2D eigenvalue weighted by Gasteiger charge is 2.06. The number of halogens is 1. The van der Waals surface area contributed by atoms with Gasteiger partial charge in [-0.3, -0.25) is 4.79 Å². The fourth-order valence-corrected chi connectivity index (χ4v) is 1.96. The van der Waals surface area contributed by atoms with Crippen LogP contribution in [0, 0.1) is 0 Å². The molecule has 19 heavy (non-hydrogen) atoms. The molecule has 0 heterocycles. The van der Waals surface area contributed by atoms with Crippen molar-refractivity contribution in [2.75, 3.05) is 7.11 Å². The number of hydrogen-bond acceptors (Lipinski definition) is 2. The highest BCUT2D eigenvalue weighted by Crippen LogP contribution is 2.15. The lowest BCUT2D eigenvalue weighted by molar-refractivity contribution is 0.0983. The molecule has 0 radical (unpaired) electrons. The van der Waals surface area contributed by atoms with Crippen LogP contribution in [0.25, 0.3) is 0 Å². The Hall–Kier alpha value is -1.80. The van der Waals surface area contributed by atoms with Gasteiger partial charge in [-0.2, -0.15) is 0 Å². The number of Topliss-reactive ketones (excluding diaryl/α,β-unsaturated/α-hetero) is 1. The van der Waals surface area contributed by atoms with Crippen molar-refractivity contribution in [3.8, 4) is 5.75 Å². The number of ketones is 1. The molecule has 98 valence electrons. The van der Waals surface area contributed by atoms with Gasteiger partial charge in [0.15, 0.2) is 5.78 Å². The number of carbonyl (C=O) groups excluding carboxylic acids is 1. The summed E-state index contributed by atoms with van der Waals surface area (Å²) in [4.78, 5) is 12.0. The smallest absolute Gasteiger partial charge is 0.163 e. The van der Waals surface area contributed by atoms with Crippen molar-refractivity contribution in [3.63, 3.8) is 0 Å². The molecule has 0 spiro atoms. The van der Waals surface area contributed by atoms with Gasteiger partial charge in [-0.25, -0.2) is 0 Å². The van der Waals surface area contributed by atoms with E-state index in [0.717, 1.165) is 23.3 Å². The summed E-state index contributed by atoms with van der Waals surface area (Å²) >= 11 is 5.82. The molecule has 0 bridgehead atoms. The number of ether oxygens (including phenoxy) is 1. The molecular formula is C16H15ClO2. The Labute approximate surface area is 118 Å². The van der Waals surface area contributed by atoms with Crippen LogP contribution in [-0.4, -0.2) is 12.9 Å². The van der Waals surface area contributed by atoms with Crippen LogP contribution in [0.5, 0.6) is 5.75 Å². The Morgan fingerprint density at radius 3 is 2.26 bits per heavy atom. The van der Waals surface area contributed by atoms with Crippen molar-refractivity contribution in [1.82, 2.24) is 0 Å². The predicted molar refractivity (Wildman–Crippen MR) is 77.1 cm³/mol. The number of aryl methyl sites for hydroxylation is 1. The number of rotatable bonds is 5. The summed E-state index contributed by atoms with van der Waals surface area (Å²) in [6.45, 7) is 0. The maximum Gasteiger partial charge on any atom is 0.163 e. The first kappa shape index (κ1) is 13.6. The van der Waals surface area contributed by atoms with Gasteiger partial charge in [0.1, 0.15) is 5.75 Å². The van der Waals surface area contributed by atoms with E-state index in [4.69, 9.17) is 16.3 Å². The molecule has 0 aliphatic heterocycles. The second kappa shape index (κ2) is 6.39. The number of benzene rings is 2. The molecular weight excluding hydrogens is 260 g/mol. The lowest BCUT2D eigenvalue weighted by atomic mass is 10.0. The van der Waals surface area contributed by atoms with Gasteiger partial charge in [-0.15, -0.1) is 0 Å². The Morgan fingerprint density at radius 1 is 1.05 bits per heavy atom. The lowest BCUT2D eigenvalue weighted by Gasteiger charge is -2.04. The summed E-state index contributed by atoms with van der Waals surface area (Å²) in [5.74, 6) is 0.895. The molecule has 0 atom stereocenters. The summed E-state index contributed by atoms with van der Waals surface area (Å²) in [6, 6.07) is 14.8.